The Morgan fingerprint density at radius 2 is 1.59 bits per heavy atom. The minimum atomic E-state index is -0.0584. The van der Waals surface area contributed by atoms with Crippen molar-refractivity contribution in [2.75, 3.05) is 17.7 Å². The third kappa shape index (κ3) is 5.50. The van der Waals surface area contributed by atoms with Gasteiger partial charge in [-0.05, 0) is 53.6 Å². The van der Waals surface area contributed by atoms with E-state index in [1.165, 1.54) is 0 Å². The van der Waals surface area contributed by atoms with Crippen molar-refractivity contribution in [3.05, 3.63) is 88.9 Å². The molecule has 0 saturated heterocycles. The van der Waals surface area contributed by atoms with Gasteiger partial charge in [-0.25, -0.2) is 0 Å². The summed E-state index contributed by atoms with van der Waals surface area (Å²) in [7, 11) is 1.62. The number of anilines is 2. The molecule has 0 aromatic heterocycles. The molecule has 0 heterocycles. The van der Waals surface area contributed by atoms with Crippen LogP contribution in [0.2, 0.25) is 5.02 Å². The third-order valence-corrected chi connectivity index (χ3v) is 4.50. The van der Waals surface area contributed by atoms with Crippen molar-refractivity contribution in [2.24, 2.45) is 0 Å². The Morgan fingerprint density at radius 1 is 0.926 bits per heavy atom. The van der Waals surface area contributed by atoms with Gasteiger partial charge in [0.25, 0.3) is 0 Å². The molecular weight excluding hydrogens is 360 g/mol. The second-order valence-corrected chi connectivity index (χ2v) is 6.50. The monoisotopic (exact) mass is 380 g/mol. The maximum absolute atomic E-state index is 12.2. The van der Waals surface area contributed by atoms with Crippen LogP contribution in [0.25, 0.3) is 0 Å². The van der Waals surface area contributed by atoms with Crippen molar-refractivity contribution in [1.82, 2.24) is 0 Å². The minimum Gasteiger partial charge on any atom is -0.497 e. The number of hydrogen-bond acceptors (Lipinski definition) is 3. The van der Waals surface area contributed by atoms with Crippen LogP contribution >= 0.6 is 11.6 Å². The topological polar surface area (TPSA) is 50.4 Å². The standard InChI is InChI=1S/C22H21ClN2O2/c1-27-20-12-6-16(7-13-20)14-22(26)25-19-10-8-18(9-11-19)24-15-17-4-2-3-5-21(17)23/h2-13,24H,14-15H2,1H3,(H,25,26). The highest BCUT2D eigenvalue weighted by atomic mass is 35.5. The SMILES string of the molecule is COc1ccc(CC(=O)Nc2ccc(NCc3ccccc3Cl)cc2)cc1. The fourth-order valence-corrected chi connectivity index (χ4v) is 2.85. The highest BCUT2D eigenvalue weighted by Gasteiger charge is 2.05. The number of ether oxygens (including phenoxy) is 1. The first kappa shape index (κ1) is 18.8. The lowest BCUT2D eigenvalue weighted by Crippen LogP contribution is -2.14. The molecule has 0 spiro atoms. The molecule has 4 nitrogen and oxygen atoms in total. The minimum absolute atomic E-state index is 0.0584. The van der Waals surface area contributed by atoms with E-state index >= 15 is 0 Å². The number of carbonyl (C=O) groups excluding carboxylic acids is 1. The molecule has 5 heteroatoms. The normalized spacial score (nSPS) is 10.3. The maximum atomic E-state index is 12.2. The summed E-state index contributed by atoms with van der Waals surface area (Å²) in [5.41, 5.74) is 3.70. The number of benzene rings is 3. The first-order valence-electron chi connectivity index (χ1n) is 8.64. The first-order valence-corrected chi connectivity index (χ1v) is 9.02. The predicted molar refractivity (Wildman–Crippen MR) is 111 cm³/mol. The lowest BCUT2D eigenvalue weighted by atomic mass is 10.1. The summed E-state index contributed by atoms with van der Waals surface area (Å²) >= 11 is 6.16. The maximum Gasteiger partial charge on any atom is 0.228 e. The molecule has 27 heavy (non-hydrogen) atoms. The molecule has 2 N–H and O–H groups in total. The molecule has 1 amide bonds. The van der Waals surface area contributed by atoms with Gasteiger partial charge in [0.05, 0.1) is 13.5 Å². The van der Waals surface area contributed by atoms with E-state index < -0.39 is 0 Å². The van der Waals surface area contributed by atoms with Crippen molar-refractivity contribution in [3.8, 4) is 5.75 Å². The Labute approximate surface area is 164 Å². The van der Waals surface area contributed by atoms with Crippen molar-refractivity contribution in [2.45, 2.75) is 13.0 Å². The number of halogens is 1. The fraction of sp³-hybridized carbons (Fsp3) is 0.136. The second-order valence-electron chi connectivity index (χ2n) is 6.10. The van der Waals surface area contributed by atoms with E-state index in [-0.39, 0.29) is 5.91 Å². The van der Waals surface area contributed by atoms with Gasteiger partial charge in [-0.3, -0.25) is 4.79 Å². The van der Waals surface area contributed by atoms with Gasteiger partial charge in [0, 0.05) is 22.9 Å². The van der Waals surface area contributed by atoms with Crippen LogP contribution in [0.15, 0.2) is 72.8 Å². The molecule has 0 fully saturated rings. The summed E-state index contributed by atoms with van der Waals surface area (Å²) in [6.45, 7) is 0.642. The van der Waals surface area contributed by atoms with Crippen molar-refractivity contribution >= 4 is 28.9 Å². The average Bonchev–Trinajstić information content (AvgIpc) is 2.69. The quantitative estimate of drug-likeness (QED) is 0.596. The van der Waals surface area contributed by atoms with E-state index in [1.807, 2.05) is 72.8 Å². The van der Waals surface area contributed by atoms with Gasteiger partial charge in [-0.2, -0.15) is 0 Å². The molecule has 0 unspecified atom stereocenters. The van der Waals surface area contributed by atoms with Crippen LogP contribution in [0.4, 0.5) is 11.4 Å². The van der Waals surface area contributed by atoms with Gasteiger partial charge < -0.3 is 15.4 Å². The summed E-state index contributed by atoms with van der Waals surface area (Å²) in [5, 5.41) is 6.98. The van der Waals surface area contributed by atoms with Gasteiger partial charge in [0.15, 0.2) is 0 Å². The van der Waals surface area contributed by atoms with E-state index in [0.717, 1.165) is 33.3 Å². The van der Waals surface area contributed by atoms with Crippen LogP contribution in [-0.4, -0.2) is 13.0 Å². The first-order chi connectivity index (χ1) is 13.1. The van der Waals surface area contributed by atoms with Crippen LogP contribution < -0.4 is 15.4 Å². The Kier molecular flexibility index (Phi) is 6.34. The third-order valence-electron chi connectivity index (χ3n) is 4.13. The zero-order valence-corrected chi connectivity index (χ0v) is 15.8. The van der Waals surface area contributed by atoms with Gasteiger partial charge in [-0.15, -0.1) is 0 Å². The Bertz CT molecular complexity index is 893. The fourth-order valence-electron chi connectivity index (χ4n) is 2.64. The number of rotatable bonds is 7. The van der Waals surface area contributed by atoms with E-state index in [4.69, 9.17) is 16.3 Å². The Morgan fingerprint density at radius 3 is 2.26 bits per heavy atom. The largest absolute Gasteiger partial charge is 0.497 e. The summed E-state index contributed by atoms with van der Waals surface area (Å²) in [6, 6.07) is 22.8. The number of hydrogen-bond donors (Lipinski definition) is 2. The van der Waals surface area contributed by atoms with Gasteiger partial charge in [-0.1, -0.05) is 41.9 Å². The molecule has 0 bridgehead atoms. The van der Waals surface area contributed by atoms with Crippen LogP contribution in [0.1, 0.15) is 11.1 Å². The molecule has 3 rings (SSSR count). The number of amides is 1. The summed E-state index contributed by atoms with van der Waals surface area (Å²) in [5.74, 6) is 0.719. The molecule has 138 valence electrons. The molecule has 3 aromatic carbocycles. The molecular formula is C22H21ClN2O2. The Hall–Kier alpha value is -2.98. The molecule has 0 saturated carbocycles. The summed E-state index contributed by atoms with van der Waals surface area (Å²) in [4.78, 5) is 12.2. The van der Waals surface area contributed by atoms with E-state index in [0.29, 0.717) is 13.0 Å². The smallest absolute Gasteiger partial charge is 0.228 e. The molecule has 0 aliphatic heterocycles. The highest BCUT2D eigenvalue weighted by Crippen LogP contribution is 2.19. The van der Waals surface area contributed by atoms with Crippen molar-refractivity contribution < 1.29 is 9.53 Å². The highest BCUT2D eigenvalue weighted by molar-refractivity contribution is 6.31. The number of nitrogens with one attached hydrogen (secondary N) is 2. The van der Waals surface area contributed by atoms with E-state index in [1.54, 1.807) is 7.11 Å². The van der Waals surface area contributed by atoms with Gasteiger partial charge >= 0.3 is 0 Å². The zero-order valence-electron chi connectivity index (χ0n) is 15.0. The molecule has 0 radical (unpaired) electrons. The zero-order chi connectivity index (χ0) is 19.1. The lowest BCUT2D eigenvalue weighted by Gasteiger charge is -2.10. The molecule has 0 aliphatic rings. The molecule has 3 aromatic rings. The second kappa shape index (κ2) is 9.10. The van der Waals surface area contributed by atoms with Crippen molar-refractivity contribution in [1.29, 1.82) is 0 Å². The van der Waals surface area contributed by atoms with E-state index in [2.05, 4.69) is 10.6 Å². The van der Waals surface area contributed by atoms with Gasteiger partial charge in [0.2, 0.25) is 5.91 Å². The number of methoxy groups -OCH3 is 1. The summed E-state index contributed by atoms with van der Waals surface area (Å²) in [6.07, 6.45) is 0.316. The van der Waals surface area contributed by atoms with E-state index in [9.17, 15) is 4.79 Å². The van der Waals surface area contributed by atoms with Crippen LogP contribution in [0.3, 0.4) is 0 Å². The van der Waals surface area contributed by atoms with Crippen LogP contribution in [-0.2, 0) is 17.8 Å². The number of carbonyl (C=O) groups is 1. The Balaban J connectivity index is 1.52. The molecule has 0 aliphatic carbocycles. The lowest BCUT2D eigenvalue weighted by molar-refractivity contribution is -0.115. The van der Waals surface area contributed by atoms with Crippen LogP contribution in [0.5, 0.6) is 5.75 Å². The summed E-state index contributed by atoms with van der Waals surface area (Å²) < 4.78 is 5.12. The van der Waals surface area contributed by atoms with Crippen LogP contribution in [0, 0.1) is 0 Å². The molecule has 0 atom stereocenters. The predicted octanol–water partition coefficient (Wildman–Crippen LogP) is 5.14. The van der Waals surface area contributed by atoms with Gasteiger partial charge in [0.1, 0.15) is 5.75 Å². The average molecular weight is 381 g/mol. The van der Waals surface area contributed by atoms with Crippen molar-refractivity contribution in [3.63, 3.8) is 0 Å².